The standard InChI is InChI=1S/C30H27N.C26H18.8C2H6/c1-3-31(4-2)23-18-17-22-19-21-11-5-8-14-26(21)30(29(22)20-23)27-15-9-6-12-24(27)25-13-7-10-16-28(25)30;1-5-13-22-18(9-1)17-19-10-2-6-14-23(19)26(22)24-15-7-3-11-20(24)21-12-4-8-16-25(21)26;8*1-2/h5-18,20H,3-4,19H2,1-2H3;1-16H,17H2;8*1-2H3. The summed E-state index contributed by atoms with van der Waals surface area (Å²) < 4.78 is 0. The zero-order chi connectivity index (χ0) is 54.1. The van der Waals surface area contributed by atoms with Crippen molar-refractivity contribution in [2.24, 2.45) is 0 Å². The smallest absolute Gasteiger partial charge is 0.0719 e. The summed E-state index contributed by atoms with van der Waals surface area (Å²) in [7, 11) is 0. The Morgan fingerprint density at radius 1 is 0.274 bits per heavy atom. The van der Waals surface area contributed by atoms with Crippen LogP contribution < -0.4 is 4.90 Å². The number of hydrogen-bond donors (Lipinski definition) is 0. The van der Waals surface area contributed by atoms with Gasteiger partial charge in [-0.1, -0.05) is 287 Å². The van der Waals surface area contributed by atoms with Gasteiger partial charge in [0.1, 0.15) is 0 Å². The maximum Gasteiger partial charge on any atom is 0.0719 e. The Balaban J connectivity index is 0.000000306. The Morgan fingerprint density at radius 2 is 0.507 bits per heavy atom. The largest absolute Gasteiger partial charge is 0.372 e. The van der Waals surface area contributed by atoms with E-state index in [9.17, 15) is 0 Å². The molecule has 4 aliphatic carbocycles. The fourth-order valence-corrected chi connectivity index (χ4v) is 11.3. The third-order valence-electron chi connectivity index (χ3n) is 13.6. The van der Waals surface area contributed by atoms with Crippen LogP contribution in [0.1, 0.15) is 191 Å². The van der Waals surface area contributed by atoms with Crippen molar-refractivity contribution in [1.82, 2.24) is 0 Å². The number of rotatable bonds is 3. The molecule has 4 aliphatic rings. The summed E-state index contributed by atoms with van der Waals surface area (Å²) in [6.07, 6.45) is 2.01. The van der Waals surface area contributed by atoms with Crippen molar-refractivity contribution in [3.63, 3.8) is 0 Å². The van der Waals surface area contributed by atoms with E-state index in [1.54, 1.807) is 0 Å². The lowest BCUT2D eigenvalue weighted by atomic mass is 9.61. The Morgan fingerprint density at radius 3 is 0.795 bits per heavy atom. The van der Waals surface area contributed by atoms with Gasteiger partial charge in [0.05, 0.1) is 10.8 Å². The summed E-state index contributed by atoms with van der Waals surface area (Å²) >= 11 is 0. The molecule has 0 bridgehead atoms. The van der Waals surface area contributed by atoms with Gasteiger partial charge in [-0.15, -0.1) is 0 Å². The molecular weight excluding hydrogens is 879 g/mol. The van der Waals surface area contributed by atoms with Crippen LogP contribution in [0.25, 0.3) is 22.3 Å². The molecule has 2 spiro atoms. The number of anilines is 1. The lowest BCUT2D eigenvalue weighted by Gasteiger charge is -2.41. The van der Waals surface area contributed by atoms with Crippen LogP contribution in [0.3, 0.4) is 0 Å². The summed E-state index contributed by atoms with van der Waals surface area (Å²) in [5.41, 5.74) is 23.6. The normalized spacial score (nSPS) is 12.2. The Hall–Kier alpha value is -6.44. The topological polar surface area (TPSA) is 3.24 Å². The van der Waals surface area contributed by atoms with Crippen molar-refractivity contribution >= 4 is 5.69 Å². The van der Waals surface area contributed by atoms with Gasteiger partial charge in [-0.05, 0) is 128 Å². The van der Waals surface area contributed by atoms with E-state index in [1.165, 1.54) is 94.7 Å². The number of nitrogens with zero attached hydrogens (tertiary/aromatic N) is 1. The fourth-order valence-electron chi connectivity index (χ4n) is 11.3. The predicted molar refractivity (Wildman–Crippen MR) is 327 cm³/mol. The average molecular weight is 973 g/mol. The minimum Gasteiger partial charge on any atom is -0.372 e. The highest BCUT2D eigenvalue weighted by Crippen LogP contribution is 2.61. The number of hydrogen-bond acceptors (Lipinski definition) is 1. The molecule has 0 radical (unpaired) electrons. The van der Waals surface area contributed by atoms with Crippen molar-refractivity contribution in [1.29, 1.82) is 0 Å². The fraction of sp³-hybridized carbons (Fsp3) is 0.333. The van der Waals surface area contributed by atoms with E-state index >= 15 is 0 Å². The van der Waals surface area contributed by atoms with Crippen LogP contribution in [0.4, 0.5) is 5.69 Å². The summed E-state index contributed by atoms with van der Waals surface area (Å²) in [5.74, 6) is 0. The van der Waals surface area contributed by atoms with Crippen LogP contribution in [0.2, 0.25) is 0 Å². The van der Waals surface area contributed by atoms with Gasteiger partial charge in [0.15, 0.2) is 0 Å². The van der Waals surface area contributed by atoms with Gasteiger partial charge in [0.2, 0.25) is 0 Å². The van der Waals surface area contributed by atoms with E-state index < -0.39 is 0 Å². The first-order valence-corrected chi connectivity index (χ1v) is 28.7. The molecule has 8 aromatic carbocycles. The second kappa shape index (κ2) is 30.6. The first-order valence-electron chi connectivity index (χ1n) is 28.7. The lowest BCUT2D eigenvalue weighted by Crippen LogP contribution is -2.34. The van der Waals surface area contributed by atoms with Gasteiger partial charge in [-0.25, -0.2) is 0 Å². The van der Waals surface area contributed by atoms with Gasteiger partial charge >= 0.3 is 0 Å². The van der Waals surface area contributed by atoms with E-state index in [-0.39, 0.29) is 10.8 Å². The Kier molecular flexibility index (Phi) is 25.5. The van der Waals surface area contributed by atoms with E-state index in [1.807, 2.05) is 111 Å². The van der Waals surface area contributed by atoms with Crippen molar-refractivity contribution in [2.45, 2.75) is 148 Å². The molecule has 0 saturated heterocycles. The molecule has 0 N–H and O–H groups in total. The van der Waals surface area contributed by atoms with E-state index in [0.29, 0.717) is 0 Å². The van der Waals surface area contributed by atoms with E-state index in [4.69, 9.17) is 0 Å². The molecule has 1 heteroatoms. The van der Waals surface area contributed by atoms with Crippen LogP contribution in [0.5, 0.6) is 0 Å². The molecule has 0 unspecified atom stereocenters. The summed E-state index contributed by atoms with van der Waals surface area (Å²) in [5, 5.41) is 0. The van der Waals surface area contributed by atoms with Crippen LogP contribution in [-0.4, -0.2) is 13.1 Å². The second-order valence-corrected chi connectivity index (χ2v) is 16.0. The summed E-state index contributed by atoms with van der Waals surface area (Å²) in [4.78, 5) is 2.46. The Bertz CT molecular complexity index is 2720. The monoisotopic (exact) mass is 972 g/mol. The molecule has 73 heavy (non-hydrogen) atoms. The number of benzene rings is 8. The maximum atomic E-state index is 2.48. The van der Waals surface area contributed by atoms with Crippen molar-refractivity contribution in [2.75, 3.05) is 18.0 Å². The highest BCUT2D eigenvalue weighted by Gasteiger charge is 2.51. The third kappa shape index (κ3) is 10.9. The molecule has 0 atom stereocenters. The van der Waals surface area contributed by atoms with Gasteiger partial charge in [-0.3, -0.25) is 0 Å². The molecule has 0 aliphatic heterocycles. The molecule has 0 saturated carbocycles. The van der Waals surface area contributed by atoms with Gasteiger partial charge in [0, 0.05) is 18.8 Å². The van der Waals surface area contributed by atoms with Crippen LogP contribution in [-0.2, 0) is 23.7 Å². The van der Waals surface area contributed by atoms with Crippen molar-refractivity contribution in [3.05, 3.63) is 255 Å². The van der Waals surface area contributed by atoms with Crippen LogP contribution >= 0.6 is 0 Å². The van der Waals surface area contributed by atoms with E-state index in [0.717, 1.165) is 25.9 Å². The Labute approximate surface area is 446 Å². The zero-order valence-electron chi connectivity index (χ0n) is 48.7. The summed E-state index contributed by atoms with van der Waals surface area (Å²) in [6, 6.07) is 70.3. The maximum absolute atomic E-state index is 2.48. The SMILES string of the molecule is CC.CC.CC.CC.CC.CC.CC.CC.CCN(CC)c1ccc2c(c1)C1(c3ccccc3C2)c2ccccc2-c2ccccc21.c1ccc2c(c1)Cc1ccccc1C21c2ccccc2-c2ccccc21. The second-order valence-electron chi connectivity index (χ2n) is 16.0. The molecule has 0 fully saturated rings. The predicted octanol–water partition coefficient (Wildman–Crippen LogP) is 21.0. The minimum absolute atomic E-state index is 0.196. The van der Waals surface area contributed by atoms with Crippen LogP contribution in [0, 0.1) is 0 Å². The molecule has 12 rings (SSSR count). The highest BCUT2D eigenvalue weighted by atomic mass is 15.1. The molecule has 1 nitrogen and oxygen atoms in total. The van der Waals surface area contributed by atoms with Crippen molar-refractivity contribution in [3.8, 4) is 22.3 Å². The van der Waals surface area contributed by atoms with Crippen molar-refractivity contribution < 1.29 is 0 Å². The quantitative estimate of drug-likeness (QED) is 0.171. The van der Waals surface area contributed by atoms with Crippen LogP contribution in [0.15, 0.2) is 188 Å². The molecular formula is C72H93N. The highest BCUT2D eigenvalue weighted by molar-refractivity contribution is 5.89. The molecule has 0 heterocycles. The van der Waals surface area contributed by atoms with Gasteiger partial charge in [-0.2, -0.15) is 0 Å². The van der Waals surface area contributed by atoms with E-state index in [2.05, 4.69) is 207 Å². The first-order chi connectivity index (χ1) is 36.2. The zero-order valence-corrected chi connectivity index (χ0v) is 48.7. The average Bonchev–Trinajstić information content (AvgIpc) is 3.96. The molecule has 386 valence electrons. The molecule has 0 amide bonds. The minimum atomic E-state index is -0.249. The van der Waals surface area contributed by atoms with Gasteiger partial charge in [0.25, 0.3) is 0 Å². The van der Waals surface area contributed by atoms with Gasteiger partial charge < -0.3 is 4.90 Å². The first kappa shape index (κ1) is 60.9. The lowest BCUT2D eigenvalue weighted by molar-refractivity contribution is 0.720. The number of fused-ring (bicyclic) bond motifs is 18. The molecule has 8 aromatic rings. The third-order valence-corrected chi connectivity index (χ3v) is 13.6. The molecule has 0 aromatic heterocycles. The summed E-state index contributed by atoms with van der Waals surface area (Å²) in [6.45, 7) is 38.5.